The van der Waals surface area contributed by atoms with E-state index in [2.05, 4.69) is 50.3 Å². The number of rotatable bonds is 38. The summed E-state index contributed by atoms with van der Waals surface area (Å²) in [7, 11) is 5.51. The summed E-state index contributed by atoms with van der Waals surface area (Å²) in [5.74, 6) is -1.53. The van der Waals surface area contributed by atoms with Crippen molar-refractivity contribution < 1.29 is 38.2 Å². The van der Waals surface area contributed by atoms with E-state index in [9.17, 15) is 19.5 Å². The molecule has 0 saturated heterocycles. The lowest BCUT2D eigenvalue weighted by molar-refractivity contribution is -0.887. The van der Waals surface area contributed by atoms with Crippen LogP contribution in [-0.2, 0) is 28.6 Å². The molecule has 1 N–H and O–H groups in total. The van der Waals surface area contributed by atoms with Gasteiger partial charge in [-0.2, -0.15) is 0 Å². The summed E-state index contributed by atoms with van der Waals surface area (Å²) in [5, 5.41) is 9.60. The summed E-state index contributed by atoms with van der Waals surface area (Å²) in [5.41, 5.74) is 0. The largest absolute Gasteiger partial charge is 0.477 e. The third kappa shape index (κ3) is 35.0. The van der Waals surface area contributed by atoms with Crippen LogP contribution in [0.1, 0.15) is 181 Å². The maximum absolute atomic E-state index is 12.7. The van der Waals surface area contributed by atoms with Crippen LogP contribution in [0, 0.1) is 0 Å². The Morgan fingerprint density at radius 1 is 0.566 bits per heavy atom. The number of carbonyl (C=O) groups excluding carboxylic acids is 2. The molecule has 0 aromatic rings. The Morgan fingerprint density at radius 3 is 1.53 bits per heavy atom. The molecule has 8 heteroatoms. The van der Waals surface area contributed by atoms with Gasteiger partial charge in [0.1, 0.15) is 6.61 Å². The van der Waals surface area contributed by atoms with E-state index >= 15 is 0 Å². The molecule has 0 saturated carbocycles. The van der Waals surface area contributed by atoms with Crippen molar-refractivity contribution in [1.29, 1.82) is 0 Å². The lowest BCUT2D eigenvalue weighted by Gasteiger charge is -2.31. The lowest BCUT2D eigenvalue weighted by atomic mass is 10.0. The first kappa shape index (κ1) is 50.5. The molecule has 0 aromatic carbocycles. The lowest BCUT2D eigenvalue weighted by Crippen LogP contribution is -2.50. The highest BCUT2D eigenvalue weighted by atomic mass is 16.6. The third-order valence-electron chi connectivity index (χ3n) is 9.54. The van der Waals surface area contributed by atoms with Crippen LogP contribution in [0.3, 0.4) is 0 Å². The molecule has 0 fully saturated rings. The number of likely N-dealkylation sites (N-methyl/N-ethyl adjacent to an activating group) is 1. The highest BCUT2D eigenvalue weighted by molar-refractivity contribution is 5.72. The molecule has 308 valence electrons. The zero-order valence-corrected chi connectivity index (χ0v) is 35.0. The number of carboxylic acid groups (broad SMARTS) is 1. The predicted molar refractivity (Wildman–Crippen MR) is 220 cm³/mol. The fourth-order valence-electron chi connectivity index (χ4n) is 6.17. The molecular formula is C45H82NO7+. The average molecular weight is 749 g/mol. The Bertz CT molecular complexity index is 968. The van der Waals surface area contributed by atoms with E-state index in [4.69, 9.17) is 14.2 Å². The molecule has 0 bridgehead atoms. The number of aliphatic carboxylic acids is 1. The van der Waals surface area contributed by atoms with Gasteiger partial charge in [-0.3, -0.25) is 9.59 Å². The number of carbonyl (C=O) groups is 3. The van der Waals surface area contributed by atoms with E-state index in [0.29, 0.717) is 19.3 Å². The van der Waals surface area contributed by atoms with Gasteiger partial charge < -0.3 is 23.8 Å². The van der Waals surface area contributed by atoms with Crippen molar-refractivity contribution in [2.45, 2.75) is 193 Å². The first-order valence-electron chi connectivity index (χ1n) is 21.5. The van der Waals surface area contributed by atoms with Crippen LogP contribution in [0.4, 0.5) is 0 Å². The number of hydrogen-bond acceptors (Lipinski definition) is 6. The van der Waals surface area contributed by atoms with Gasteiger partial charge in [-0.25, -0.2) is 4.79 Å². The zero-order valence-electron chi connectivity index (χ0n) is 35.0. The van der Waals surface area contributed by atoms with E-state index in [1.165, 1.54) is 103 Å². The highest BCUT2D eigenvalue weighted by Gasteiger charge is 2.31. The van der Waals surface area contributed by atoms with Crippen LogP contribution in [0.25, 0.3) is 0 Å². The molecule has 2 unspecified atom stereocenters. The van der Waals surface area contributed by atoms with Gasteiger partial charge in [0.2, 0.25) is 0 Å². The third-order valence-corrected chi connectivity index (χ3v) is 9.54. The van der Waals surface area contributed by atoms with Crippen LogP contribution < -0.4 is 0 Å². The summed E-state index contributed by atoms with van der Waals surface area (Å²) >= 11 is 0. The second-order valence-electron chi connectivity index (χ2n) is 15.6. The number of esters is 2. The minimum atomic E-state index is -0.881. The van der Waals surface area contributed by atoms with Crippen molar-refractivity contribution in [2.24, 2.45) is 0 Å². The number of unbranched alkanes of at least 4 members (excludes halogenated alkanes) is 18. The SMILES string of the molecule is CCCCCCCC/C=C/C/C=C/C/C=C/CCCC(=O)OCC(COCCC(C(=O)O)[N+](C)(C)C)OC(=O)CCCCCCCCCCCCCC. The standard InChI is InChI=1S/C45H81NO7/c1-6-8-10-12-14-16-18-20-21-22-23-24-26-27-29-31-33-35-43(47)52-40-41(39-51-38-37-42(45(49)50)46(3,4)5)53-44(48)36-34-32-30-28-25-19-17-15-13-11-9-7-2/h20-21,23-24,27,29,41-42H,6-19,22,25-26,28,30-40H2,1-5H3/p+1/b21-20+,24-23+,29-27+. The Morgan fingerprint density at radius 2 is 1.02 bits per heavy atom. The van der Waals surface area contributed by atoms with Gasteiger partial charge in [-0.1, -0.05) is 153 Å². The maximum Gasteiger partial charge on any atom is 0.362 e. The smallest absolute Gasteiger partial charge is 0.362 e. The Hall–Kier alpha value is -2.45. The molecule has 0 rings (SSSR count). The molecule has 0 aliphatic rings. The van der Waals surface area contributed by atoms with Crippen molar-refractivity contribution in [3.05, 3.63) is 36.5 Å². The first-order chi connectivity index (χ1) is 25.6. The monoisotopic (exact) mass is 749 g/mol. The molecular weight excluding hydrogens is 666 g/mol. The number of hydrogen-bond donors (Lipinski definition) is 1. The minimum absolute atomic E-state index is 0.0477. The molecule has 0 amide bonds. The molecule has 8 nitrogen and oxygen atoms in total. The quantitative estimate of drug-likeness (QED) is 0.0290. The Kier molecular flexibility index (Phi) is 34.8. The van der Waals surface area contributed by atoms with Crippen LogP contribution in [0.2, 0.25) is 0 Å². The van der Waals surface area contributed by atoms with Gasteiger partial charge >= 0.3 is 17.9 Å². The number of quaternary nitrogens is 1. The molecule has 0 aliphatic carbocycles. The molecule has 53 heavy (non-hydrogen) atoms. The topological polar surface area (TPSA) is 99.1 Å². The Labute approximate surface area is 325 Å². The zero-order chi connectivity index (χ0) is 39.3. The second-order valence-corrected chi connectivity index (χ2v) is 15.6. The summed E-state index contributed by atoms with van der Waals surface area (Å²) in [4.78, 5) is 36.9. The van der Waals surface area contributed by atoms with Crippen molar-refractivity contribution in [3.63, 3.8) is 0 Å². The van der Waals surface area contributed by atoms with Gasteiger partial charge in [-0.15, -0.1) is 0 Å². The second kappa shape index (κ2) is 36.5. The molecule has 0 aliphatic heterocycles. The van der Waals surface area contributed by atoms with Gasteiger partial charge in [0.25, 0.3) is 0 Å². The fraction of sp³-hybridized carbons (Fsp3) is 0.800. The van der Waals surface area contributed by atoms with E-state index < -0.39 is 18.1 Å². The van der Waals surface area contributed by atoms with Gasteiger partial charge in [0.05, 0.1) is 34.4 Å². The summed E-state index contributed by atoms with van der Waals surface area (Å²) in [6, 6.07) is -0.619. The molecule has 0 spiro atoms. The Balaban J connectivity index is 4.43. The normalized spacial score (nSPS) is 13.3. The summed E-state index contributed by atoms with van der Waals surface area (Å²) < 4.78 is 17.2. The minimum Gasteiger partial charge on any atom is -0.477 e. The van der Waals surface area contributed by atoms with Crippen molar-refractivity contribution in [3.8, 4) is 0 Å². The fourth-order valence-corrected chi connectivity index (χ4v) is 6.17. The highest BCUT2D eigenvalue weighted by Crippen LogP contribution is 2.14. The molecule has 0 heterocycles. The first-order valence-corrected chi connectivity index (χ1v) is 21.5. The molecule has 0 radical (unpaired) electrons. The van der Waals surface area contributed by atoms with Gasteiger partial charge in [-0.05, 0) is 44.9 Å². The molecule has 0 aromatic heterocycles. The van der Waals surface area contributed by atoms with E-state index in [1.807, 2.05) is 21.1 Å². The van der Waals surface area contributed by atoms with Gasteiger partial charge in [0.15, 0.2) is 12.1 Å². The van der Waals surface area contributed by atoms with Crippen molar-refractivity contribution in [2.75, 3.05) is 41.0 Å². The van der Waals surface area contributed by atoms with Crippen LogP contribution in [0.15, 0.2) is 36.5 Å². The average Bonchev–Trinajstić information content (AvgIpc) is 3.11. The number of ether oxygens (including phenoxy) is 3. The van der Waals surface area contributed by atoms with Crippen LogP contribution in [0.5, 0.6) is 0 Å². The van der Waals surface area contributed by atoms with E-state index in [1.54, 1.807) is 0 Å². The van der Waals surface area contributed by atoms with Crippen molar-refractivity contribution >= 4 is 17.9 Å². The van der Waals surface area contributed by atoms with Crippen molar-refractivity contribution in [1.82, 2.24) is 0 Å². The van der Waals surface area contributed by atoms with Crippen LogP contribution in [-0.4, -0.2) is 80.6 Å². The summed E-state index contributed by atoms with van der Waals surface area (Å²) in [6.45, 7) is 4.67. The van der Waals surface area contributed by atoms with Gasteiger partial charge in [0, 0.05) is 19.3 Å². The van der Waals surface area contributed by atoms with Crippen LogP contribution >= 0.6 is 0 Å². The molecule has 2 atom stereocenters. The number of nitrogens with zero attached hydrogens (tertiary/aromatic N) is 1. The van der Waals surface area contributed by atoms with E-state index in [-0.39, 0.29) is 42.7 Å². The van der Waals surface area contributed by atoms with E-state index in [0.717, 1.165) is 38.5 Å². The maximum atomic E-state index is 12.7. The number of carboxylic acids is 1. The summed E-state index contributed by atoms with van der Waals surface area (Å²) in [6.07, 6.45) is 40.5. The number of allylic oxidation sites excluding steroid dienone is 6. The predicted octanol–water partition coefficient (Wildman–Crippen LogP) is 11.5.